The number of benzene rings is 1. The van der Waals surface area contributed by atoms with Crippen LogP contribution in [0.1, 0.15) is 71.0 Å². The van der Waals surface area contributed by atoms with Gasteiger partial charge in [0.1, 0.15) is 0 Å². The van der Waals surface area contributed by atoms with Crippen molar-refractivity contribution in [2.24, 2.45) is 0 Å². The highest BCUT2D eigenvalue weighted by Crippen LogP contribution is 2.32. The second kappa shape index (κ2) is 11.1. The van der Waals surface area contributed by atoms with Gasteiger partial charge >= 0.3 is 0 Å². The first-order valence-electron chi connectivity index (χ1n) is 12.7. The molecule has 0 bridgehead atoms. The third-order valence-electron chi connectivity index (χ3n) is 7.10. The molecule has 7 nitrogen and oxygen atoms in total. The molecule has 35 heavy (non-hydrogen) atoms. The van der Waals surface area contributed by atoms with Gasteiger partial charge in [-0.1, -0.05) is 12.5 Å². The number of hydrogen-bond donors (Lipinski definition) is 2. The third kappa shape index (κ3) is 5.68. The minimum atomic E-state index is -0.137. The minimum Gasteiger partial charge on any atom is -0.315 e. The zero-order valence-electron chi connectivity index (χ0n) is 21.1. The largest absolute Gasteiger partial charge is 0.315 e. The monoisotopic (exact) mass is 496 g/mol. The molecule has 0 spiro atoms. The summed E-state index contributed by atoms with van der Waals surface area (Å²) in [6.07, 6.45) is 5.99. The fraction of sp³-hybridized carbons (Fsp3) is 0.519. The Kier molecular flexibility index (Phi) is 8.09. The van der Waals surface area contributed by atoms with Crippen LogP contribution < -0.4 is 10.6 Å². The van der Waals surface area contributed by atoms with Gasteiger partial charge < -0.3 is 9.88 Å². The van der Waals surface area contributed by atoms with Gasteiger partial charge in [-0.25, -0.2) is 4.98 Å². The number of carbonyl (C=O) groups is 1. The summed E-state index contributed by atoms with van der Waals surface area (Å²) in [7, 11) is 0. The highest BCUT2D eigenvalue weighted by atomic mass is 35.5. The average molecular weight is 497 g/mol. The fourth-order valence-corrected chi connectivity index (χ4v) is 5.60. The van der Waals surface area contributed by atoms with E-state index in [0.29, 0.717) is 11.5 Å². The highest BCUT2D eigenvalue weighted by molar-refractivity contribution is 6.04. The maximum absolute atomic E-state index is 13.3. The van der Waals surface area contributed by atoms with Crippen LogP contribution in [-0.4, -0.2) is 51.5 Å². The number of aryl methyl sites for hydroxylation is 3. The Hall–Kier alpha value is -2.48. The third-order valence-corrected chi connectivity index (χ3v) is 7.10. The van der Waals surface area contributed by atoms with Crippen LogP contribution in [-0.2, 0) is 6.54 Å². The quantitative estimate of drug-likeness (QED) is 0.523. The van der Waals surface area contributed by atoms with Crippen LogP contribution in [0.5, 0.6) is 0 Å². The number of nitrogens with zero attached hydrogens (tertiary/aromatic N) is 4. The number of nitrogens with one attached hydrogen (secondary N) is 2. The molecule has 1 atom stereocenters. The van der Waals surface area contributed by atoms with Crippen LogP contribution in [0.4, 0.5) is 5.95 Å². The van der Waals surface area contributed by atoms with Gasteiger partial charge in [-0.3, -0.25) is 20.0 Å². The van der Waals surface area contributed by atoms with Gasteiger partial charge in [-0.05, 0) is 95.4 Å². The van der Waals surface area contributed by atoms with E-state index >= 15 is 0 Å². The van der Waals surface area contributed by atoms with Crippen LogP contribution in [0.3, 0.4) is 0 Å². The van der Waals surface area contributed by atoms with Crippen molar-refractivity contribution in [1.82, 2.24) is 24.8 Å². The first-order chi connectivity index (χ1) is 16.5. The van der Waals surface area contributed by atoms with E-state index in [1.54, 1.807) is 0 Å². The van der Waals surface area contributed by atoms with Gasteiger partial charge in [0.25, 0.3) is 5.91 Å². The maximum atomic E-state index is 13.3. The molecule has 188 valence electrons. The molecule has 0 saturated carbocycles. The molecule has 8 heteroatoms. The average Bonchev–Trinajstić information content (AvgIpc) is 3.33. The van der Waals surface area contributed by atoms with Gasteiger partial charge in [-0.2, -0.15) is 0 Å². The number of imidazole rings is 1. The number of amides is 1. The van der Waals surface area contributed by atoms with Crippen LogP contribution in [0, 0.1) is 20.8 Å². The minimum absolute atomic E-state index is 0. The molecular formula is C27H37ClN6O. The molecule has 2 N–H and O–H groups in total. The Morgan fingerprint density at radius 1 is 1.03 bits per heavy atom. The van der Waals surface area contributed by atoms with E-state index < -0.39 is 0 Å². The van der Waals surface area contributed by atoms with Gasteiger partial charge in [-0.15, -0.1) is 12.4 Å². The van der Waals surface area contributed by atoms with Gasteiger partial charge in [0.05, 0.1) is 11.0 Å². The number of anilines is 1. The van der Waals surface area contributed by atoms with Crippen molar-refractivity contribution < 1.29 is 4.79 Å². The number of likely N-dealkylation sites (tertiary alicyclic amines) is 1. The van der Waals surface area contributed by atoms with Gasteiger partial charge in [0.15, 0.2) is 0 Å². The smallest absolute Gasteiger partial charge is 0.258 e. The topological polar surface area (TPSA) is 75.1 Å². The summed E-state index contributed by atoms with van der Waals surface area (Å²) in [5.74, 6) is 0.504. The molecule has 4 heterocycles. The van der Waals surface area contributed by atoms with Crippen LogP contribution in [0.2, 0.25) is 0 Å². The predicted molar refractivity (Wildman–Crippen MR) is 144 cm³/mol. The molecule has 5 rings (SSSR count). The van der Waals surface area contributed by atoms with Crippen molar-refractivity contribution in [3.05, 3.63) is 52.3 Å². The first kappa shape index (κ1) is 25.6. The molecular weight excluding hydrogens is 460 g/mol. The Morgan fingerprint density at radius 3 is 2.51 bits per heavy atom. The molecule has 0 unspecified atom stereocenters. The molecule has 1 amide bonds. The zero-order valence-corrected chi connectivity index (χ0v) is 21.9. The SMILES string of the molecule is Cc1cc(C(=O)Nc2nc3cc(CN4CCCC4)cc(C)c3n2[C@@H]2CCCCNC2)cc(C)n1.Cl. The van der Waals surface area contributed by atoms with E-state index in [9.17, 15) is 4.79 Å². The van der Waals surface area contributed by atoms with Crippen molar-refractivity contribution in [3.8, 4) is 0 Å². The lowest BCUT2D eigenvalue weighted by Gasteiger charge is -2.21. The Bertz CT molecular complexity index is 1170. The number of pyridine rings is 1. The van der Waals surface area contributed by atoms with Gasteiger partial charge in [0, 0.05) is 36.1 Å². The lowest BCUT2D eigenvalue weighted by molar-refractivity contribution is 0.102. The summed E-state index contributed by atoms with van der Waals surface area (Å²) in [5.41, 5.74) is 6.93. The number of carbonyl (C=O) groups excluding carboxylic acids is 1. The molecule has 0 aliphatic carbocycles. The highest BCUT2D eigenvalue weighted by Gasteiger charge is 2.24. The summed E-state index contributed by atoms with van der Waals surface area (Å²) in [6, 6.07) is 8.46. The second-order valence-electron chi connectivity index (χ2n) is 10.0. The predicted octanol–water partition coefficient (Wildman–Crippen LogP) is 4.94. The van der Waals surface area contributed by atoms with Gasteiger partial charge in [0.2, 0.25) is 5.95 Å². The van der Waals surface area contributed by atoms with E-state index in [1.807, 2.05) is 26.0 Å². The van der Waals surface area contributed by atoms with Crippen molar-refractivity contribution in [2.45, 2.75) is 65.5 Å². The molecule has 2 aliphatic rings. The fourth-order valence-electron chi connectivity index (χ4n) is 5.60. The molecule has 2 aromatic heterocycles. The van der Waals surface area contributed by atoms with Crippen molar-refractivity contribution in [3.63, 3.8) is 0 Å². The molecule has 0 radical (unpaired) electrons. The summed E-state index contributed by atoms with van der Waals surface area (Å²) < 4.78 is 2.28. The second-order valence-corrected chi connectivity index (χ2v) is 10.0. The van der Waals surface area contributed by atoms with Crippen LogP contribution in [0.15, 0.2) is 24.3 Å². The lowest BCUT2D eigenvalue weighted by atomic mass is 10.1. The Morgan fingerprint density at radius 2 is 1.77 bits per heavy atom. The lowest BCUT2D eigenvalue weighted by Crippen LogP contribution is -2.26. The van der Waals surface area contributed by atoms with Crippen molar-refractivity contribution in [2.75, 3.05) is 31.5 Å². The summed E-state index contributed by atoms with van der Waals surface area (Å²) >= 11 is 0. The summed E-state index contributed by atoms with van der Waals surface area (Å²) in [6.45, 7) is 11.3. The van der Waals surface area contributed by atoms with E-state index in [-0.39, 0.29) is 24.4 Å². The number of halogens is 1. The van der Waals surface area contributed by atoms with Crippen LogP contribution in [0.25, 0.3) is 11.0 Å². The normalized spacial score (nSPS) is 18.9. The number of aromatic nitrogens is 3. The van der Waals surface area contributed by atoms with Crippen LogP contribution >= 0.6 is 12.4 Å². The number of rotatable bonds is 5. The first-order valence-corrected chi connectivity index (χ1v) is 12.7. The number of hydrogen-bond acceptors (Lipinski definition) is 5. The van der Waals surface area contributed by atoms with Crippen molar-refractivity contribution >= 4 is 35.3 Å². The standard InChI is InChI=1S/C27H36N6O.ClH/c1-18-12-21(17-32-10-6-7-11-32)15-24-25(18)33(23-8-4-5-9-28-16-23)27(30-24)31-26(34)22-13-19(2)29-20(3)14-22;/h12-15,23,28H,4-11,16-17H2,1-3H3,(H,30,31,34);1H/t23-;/m1./s1. The Labute approximate surface area is 214 Å². The molecule has 3 aromatic rings. The maximum Gasteiger partial charge on any atom is 0.258 e. The molecule has 2 saturated heterocycles. The molecule has 2 fully saturated rings. The molecule has 2 aliphatic heterocycles. The summed E-state index contributed by atoms with van der Waals surface area (Å²) in [4.78, 5) is 25.2. The van der Waals surface area contributed by atoms with E-state index in [2.05, 4.69) is 44.1 Å². The van der Waals surface area contributed by atoms with E-state index in [1.165, 1.54) is 49.9 Å². The van der Waals surface area contributed by atoms with Crippen molar-refractivity contribution in [1.29, 1.82) is 0 Å². The zero-order chi connectivity index (χ0) is 23.7. The number of fused-ring (bicyclic) bond motifs is 1. The Balaban J connectivity index is 0.00000289. The van der Waals surface area contributed by atoms with E-state index in [0.717, 1.165) is 48.5 Å². The van der Waals surface area contributed by atoms with E-state index in [4.69, 9.17) is 4.98 Å². The summed E-state index contributed by atoms with van der Waals surface area (Å²) in [5, 5.41) is 6.74. The molecule has 1 aromatic carbocycles.